The molecule has 0 radical (unpaired) electrons. The highest BCUT2D eigenvalue weighted by atomic mass is 35.5. The summed E-state index contributed by atoms with van der Waals surface area (Å²) in [4.78, 5) is 15.9. The van der Waals surface area contributed by atoms with Crippen LogP contribution >= 0.6 is 23.2 Å². The largest absolute Gasteiger partial charge is 0.342 e. The molecule has 2 aromatic rings. The molecule has 2 rings (SSSR count). The Balaban J connectivity index is 2.12. The molecule has 18 heavy (non-hydrogen) atoms. The van der Waals surface area contributed by atoms with Gasteiger partial charge in [-0.3, -0.25) is 9.89 Å². The third-order valence-electron chi connectivity index (χ3n) is 2.37. The summed E-state index contributed by atoms with van der Waals surface area (Å²) >= 11 is 11.7. The van der Waals surface area contributed by atoms with Crippen LogP contribution in [0, 0.1) is 0 Å². The van der Waals surface area contributed by atoms with E-state index in [2.05, 4.69) is 20.5 Å². The zero-order valence-electron chi connectivity index (χ0n) is 9.45. The molecule has 0 saturated carbocycles. The number of carbonyl (C=O) groups is 1. The van der Waals surface area contributed by atoms with E-state index in [0.29, 0.717) is 21.4 Å². The van der Waals surface area contributed by atoms with Gasteiger partial charge in [-0.1, -0.05) is 23.2 Å². The van der Waals surface area contributed by atoms with Crippen LogP contribution in [0.25, 0.3) is 0 Å². The van der Waals surface area contributed by atoms with Gasteiger partial charge in [0.15, 0.2) is 0 Å². The zero-order valence-corrected chi connectivity index (χ0v) is 11.0. The van der Waals surface area contributed by atoms with E-state index >= 15 is 0 Å². The van der Waals surface area contributed by atoms with Gasteiger partial charge in [0.1, 0.15) is 12.2 Å². The van der Waals surface area contributed by atoms with Crippen molar-refractivity contribution in [2.75, 3.05) is 0 Å². The smallest absolute Gasteiger partial charge is 0.253 e. The third-order valence-corrected chi connectivity index (χ3v) is 2.91. The summed E-state index contributed by atoms with van der Waals surface area (Å²) in [6.45, 7) is 1.79. The topological polar surface area (TPSA) is 70.7 Å². The van der Waals surface area contributed by atoms with Crippen molar-refractivity contribution in [2.45, 2.75) is 13.0 Å². The van der Waals surface area contributed by atoms with Crippen molar-refractivity contribution in [1.29, 1.82) is 0 Å². The van der Waals surface area contributed by atoms with Crippen LogP contribution in [0.5, 0.6) is 0 Å². The summed E-state index contributed by atoms with van der Waals surface area (Å²) in [5.74, 6) is 0.286. The number of nitrogens with one attached hydrogen (secondary N) is 2. The summed E-state index contributed by atoms with van der Waals surface area (Å²) in [5, 5.41) is 9.96. The van der Waals surface area contributed by atoms with Crippen LogP contribution < -0.4 is 5.32 Å². The fraction of sp³-hybridized carbons (Fsp3) is 0.182. The van der Waals surface area contributed by atoms with Crippen molar-refractivity contribution in [3.8, 4) is 0 Å². The highest BCUT2D eigenvalue weighted by Gasteiger charge is 2.15. The first-order valence-corrected chi connectivity index (χ1v) is 5.94. The van der Waals surface area contributed by atoms with Gasteiger partial charge in [0.25, 0.3) is 5.91 Å². The first-order valence-electron chi connectivity index (χ1n) is 5.19. The fourth-order valence-electron chi connectivity index (χ4n) is 1.44. The lowest BCUT2D eigenvalue weighted by Gasteiger charge is -2.11. The number of H-pyrrole nitrogens is 1. The molecule has 0 saturated heterocycles. The van der Waals surface area contributed by atoms with Crippen molar-refractivity contribution >= 4 is 29.1 Å². The maximum absolute atomic E-state index is 12.0. The zero-order chi connectivity index (χ0) is 13.1. The van der Waals surface area contributed by atoms with E-state index in [9.17, 15) is 4.79 Å². The highest BCUT2D eigenvalue weighted by Crippen LogP contribution is 2.21. The Morgan fingerprint density at radius 3 is 2.83 bits per heavy atom. The Bertz CT molecular complexity index is 556. The van der Waals surface area contributed by atoms with E-state index in [0.717, 1.165) is 0 Å². The first kappa shape index (κ1) is 12.9. The molecule has 1 heterocycles. The van der Waals surface area contributed by atoms with Gasteiger partial charge in [0, 0.05) is 5.02 Å². The summed E-state index contributed by atoms with van der Waals surface area (Å²) in [5.41, 5.74) is 0.368. The second kappa shape index (κ2) is 5.37. The predicted octanol–water partition coefficient (Wildman–Crippen LogP) is 2.60. The van der Waals surface area contributed by atoms with Crippen molar-refractivity contribution in [2.24, 2.45) is 0 Å². The van der Waals surface area contributed by atoms with Crippen LogP contribution in [0.2, 0.25) is 10.0 Å². The second-order valence-electron chi connectivity index (χ2n) is 3.69. The number of hydrogen-bond acceptors (Lipinski definition) is 3. The van der Waals surface area contributed by atoms with E-state index in [-0.39, 0.29) is 11.9 Å². The highest BCUT2D eigenvalue weighted by molar-refractivity contribution is 6.36. The summed E-state index contributed by atoms with van der Waals surface area (Å²) in [7, 11) is 0. The van der Waals surface area contributed by atoms with E-state index in [1.54, 1.807) is 19.1 Å². The van der Waals surface area contributed by atoms with Crippen LogP contribution in [0.3, 0.4) is 0 Å². The number of rotatable bonds is 3. The molecule has 94 valence electrons. The molecule has 1 amide bonds. The molecule has 1 atom stereocenters. The van der Waals surface area contributed by atoms with Gasteiger partial charge in [0.05, 0.1) is 16.6 Å². The molecule has 1 aromatic heterocycles. The molecule has 0 fully saturated rings. The quantitative estimate of drug-likeness (QED) is 0.910. The molecular formula is C11H10Cl2N4O. The molecule has 7 heteroatoms. The number of nitrogens with zero attached hydrogens (tertiary/aromatic N) is 2. The Morgan fingerprint density at radius 2 is 2.22 bits per heavy atom. The van der Waals surface area contributed by atoms with Gasteiger partial charge in [-0.05, 0) is 25.1 Å². The summed E-state index contributed by atoms with van der Waals surface area (Å²) < 4.78 is 0. The number of halogens is 2. The lowest BCUT2D eigenvalue weighted by Crippen LogP contribution is -2.27. The number of benzene rings is 1. The maximum Gasteiger partial charge on any atom is 0.253 e. The van der Waals surface area contributed by atoms with Crippen molar-refractivity contribution in [3.63, 3.8) is 0 Å². The van der Waals surface area contributed by atoms with E-state index in [1.165, 1.54) is 12.4 Å². The second-order valence-corrected chi connectivity index (χ2v) is 4.53. The lowest BCUT2D eigenvalue weighted by molar-refractivity contribution is 0.0938. The molecule has 0 aliphatic rings. The average molecular weight is 285 g/mol. The molecule has 1 unspecified atom stereocenters. The van der Waals surface area contributed by atoms with Gasteiger partial charge in [-0.2, -0.15) is 5.10 Å². The van der Waals surface area contributed by atoms with Crippen LogP contribution in [0.4, 0.5) is 0 Å². The maximum atomic E-state index is 12.0. The molecule has 0 aliphatic heterocycles. The molecule has 2 N–H and O–H groups in total. The summed E-state index contributed by atoms with van der Waals surface area (Å²) in [6, 6.07) is 4.43. The average Bonchev–Trinajstić information content (AvgIpc) is 2.81. The Morgan fingerprint density at radius 1 is 1.44 bits per heavy atom. The predicted molar refractivity (Wildman–Crippen MR) is 68.7 cm³/mol. The van der Waals surface area contributed by atoms with Crippen LogP contribution in [-0.4, -0.2) is 21.1 Å². The van der Waals surface area contributed by atoms with Crippen molar-refractivity contribution in [3.05, 3.63) is 46.0 Å². The lowest BCUT2D eigenvalue weighted by atomic mass is 10.2. The molecular weight excluding hydrogens is 275 g/mol. The van der Waals surface area contributed by atoms with E-state index < -0.39 is 0 Å². The number of aromatic amines is 1. The molecule has 1 aromatic carbocycles. The van der Waals surface area contributed by atoms with Gasteiger partial charge >= 0.3 is 0 Å². The number of carbonyl (C=O) groups excluding carboxylic acids is 1. The molecule has 0 bridgehead atoms. The van der Waals surface area contributed by atoms with Gasteiger partial charge in [-0.15, -0.1) is 0 Å². The minimum absolute atomic E-state index is 0.285. The van der Waals surface area contributed by atoms with Crippen LogP contribution in [-0.2, 0) is 0 Å². The first-order chi connectivity index (χ1) is 8.58. The minimum atomic E-state index is -0.291. The third kappa shape index (κ3) is 2.80. The van der Waals surface area contributed by atoms with Crippen molar-refractivity contribution in [1.82, 2.24) is 20.5 Å². The van der Waals surface area contributed by atoms with Gasteiger partial charge in [-0.25, -0.2) is 4.98 Å². The monoisotopic (exact) mass is 284 g/mol. The fourth-order valence-corrected chi connectivity index (χ4v) is 1.93. The SMILES string of the molecule is CC(NC(=O)c1ccc(Cl)cc1Cl)c1ncn[nH]1. The van der Waals surface area contributed by atoms with E-state index in [4.69, 9.17) is 23.2 Å². The Kier molecular flexibility index (Phi) is 3.84. The Hall–Kier alpha value is -1.59. The molecule has 0 aliphatic carbocycles. The van der Waals surface area contributed by atoms with Gasteiger partial charge < -0.3 is 5.32 Å². The van der Waals surface area contributed by atoms with Crippen LogP contribution in [0.1, 0.15) is 29.1 Å². The van der Waals surface area contributed by atoms with Gasteiger partial charge in [0.2, 0.25) is 0 Å². The number of amides is 1. The standard InChI is InChI=1S/C11H10Cl2N4O/c1-6(10-14-5-15-17-10)16-11(18)8-3-2-7(12)4-9(8)13/h2-6H,1H3,(H,16,18)(H,14,15,17). The number of aromatic nitrogens is 3. The molecule has 5 nitrogen and oxygen atoms in total. The summed E-state index contributed by atoms with van der Waals surface area (Å²) in [6.07, 6.45) is 1.38. The Labute approximate surface area is 114 Å². The normalized spacial score (nSPS) is 12.2. The number of hydrogen-bond donors (Lipinski definition) is 2. The van der Waals surface area contributed by atoms with Crippen molar-refractivity contribution < 1.29 is 4.79 Å². The van der Waals surface area contributed by atoms with E-state index in [1.807, 2.05) is 0 Å². The minimum Gasteiger partial charge on any atom is -0.342 e. The molecule has 0 spiro atoms. The van der Waals surface area contributed by atoms with Crippen LogP contribution in [0.15, 0.2) is 24.5 Å².